The van der Waals surface area contributed by atoms with Gasteiger partial charge in [0.05, 0.1) is 0 Å². The van der Waals surface area contributed by atoms with Crippen LogP contribution in [0.3, 0.4) is 0 Å². The third-order valence-corrected chi connectivity index (χ3v) is 3.03. The number of carbonyl (C=O) groups is 2. The summed E-state index contributed by atoms with van der Waals surface area (Å²) in [6, 6.07) is 0. The van der Waals surface area contributed by atoms with Crippen LogP contribution in [0.4, 0.5) is 5.13 Å². The molecule has 1 unspecified atom stereocenters. The molecule has 0 aliphatic carbocycles. The Labute approximate surface area is 116 Å². The SMILES string of the molecule is CC(CC(=O)O)CC(=O)Nc1nc(C(C)(C)C)ns1. The summed E-state index contributed by atoms with van der Waals surface area (Å²) >= 11 is 1.14. The zero-order chi connectivity index (χ0) is 14.6. The predicted octanol–water partition coefficient (Wildman–Crippen LogP) is 2.28. The van der Waals surface area contributed by atoms with Gasteiger partial charge in [0, 0.05) is 29.8 Å². The number of nitrogens with zero attached hydrogens (tertiary/aromatic N) is 2. The van der Waals surface area contributed by atoms with E-state index in [2.05, 4.69) is 14.7 Å². The summed E-state index contributed by atoms with van der Waals surface area (Å²) in [5, 5.41) is 11.7. The van der Waals surface area contributed by atoms with Crippen molar-refractivity contribution < 1.29 is 14.7 Å². The fourth-order valence-electron chi connectivity index (χ4n) is 1.44. The van der Waals surface area contributed by atoms with Crippen molar-refractivity contribution in [2.75, 3.05) is 5.32 Å². The van der Waals surface area contributed by atoms with Crippen LogP contribution in [-0.2, 0) is 15.0 Å². The topological polar surface area (TPSA) is 92.2 Å². The van der Waals surface area contributed by atoms with Crippen LogP contribution in [0.1, 0.15) is 46.4 Å². The van der Waals surface area contributed by atoms with Crippen molar-refractivity contribution in [2.45, 2.75) is 46.0 Å². The van der Waals surface area contributed by atoms with Gasteiger partial charge < -0.3 is 10.4 Å². The summed E-state index contributed by atoms with van der Waals surface area (Å²) < 4.78 is 4.19. The first-order valence-electron chi connectivity index (χ1n) is 6.04. The minimum absolute atomic E-state index is 0.0171. The summed E-state index contributed by atoms with van der Waals surface area (Å²) in [4.78, 5) is 26.5. The molecule has 6 nitrogen and oxygen atoms in total. The van der Waals surface area contributed by atoms with Gasteiger partial charge >= 0.3 is 5.97 Å². The molecule has 1 rings (SSSR count). The Morgan fingerprint density at radius 1 is 1.37 bits per heavy atom. The minimum atomic E-state index is -0.897. The molecule has 106 valence electrons. The fourth-order valence-corrected chi connectivity index (χ4v) is 2.21. The minimum Gasteiger partial charge on any atom is -0.481 e. The molecule has 1 aromatic heterocycles. The number of anilines is 1. The van der Waals surface area contributed by atoms with Crippen LogP contribution < -0.4 is 5.32 Å². The van der Waals surface area contributed by atoms with Crippen molar-refractivity contribution >= 4 is 28.5 Å². The second-order valence-electron chi connectivity index (χ2n) is 5.63. The van der Waals surface area contributed by atoms with Crippen molar-refractivity contribution in [2.24, 2.45) is 5.92 Å². The molecule has 0 aromatic carbocycles. The third-order valence-electron chi connectivity index (χ3n) is 2.40. The highest BCUT2D eigenvalue weighted by Gasteiger charge is 2.20. The molecule has 0 aliphatic rings. The number of amides is 1. The van der Waals surface area contributed by atoms with E-state index in [1.54, 1.807) is 6.92 Å². The van der Waals surface area contributed by atoms with Crippen molar-refractivity contribution in [3.05, 3.63) is 5.82 Å². The predicted molar refractivity (Wildman–Crippen MR) is 73.3 cm³/mol. The van der Waals surface area contributed by atoms with E-state index in [9.17, 15) is 9.59 Å². The first kappa shape index (κ1) is 15.6. The number of nitrogens with one attached hydrogen (secondary N) is 1. The molecule has 1 aromatic rings. The van der Waals surface area contributed by atoms with E-state index in [1.165, 1.54) is 0 Å². The highest BCUT2D eigenvalue weighted by molar-refractivity contribution is 7.09. The number of rotatable bonds is 5. The Kier molecular flexibility index (Phi) is 4.99. The van der Waals surface area contributed by atoms with Gasteiger partial charge in [-0.3, -0.25) is 9.59 Å². The van der Waals surface area contributed by atoms with Gasteiger partial charge in [-0.25, -0.2) is 4.98 Å². The zero-order valence-electron chi connectivity index (χ0n) is 11.6. The van der Waals surface area contributed by atoms with E-state index in [1.807, 2.05) is 20.8 Å². The Bertz CT molecular complexity index is 465. The van der Waals surface area contributed by atoms with Crippen molar-refractivity contribution in [3.63, 3.8) is 0 Å². The molecular weight excluding hydrogens is 266 g/mol. The van der Waals surface area contributed by atoms with Gasteiger partial charge in [0.2, 0.25) is 11.0 Å². The first-order valence-corrected chi connectivity index (χ1v) is 6.81. The van der Waals surface area contributed by atoms with Gasteiger partial charge in [0.25, 0.3) is 0 Å². The Morgan fingerprint density at radius 2 is 2.00 bits per heavy atom. The van der Waals surface area contributed by atoms with Crippen molar-refractivity contribution in [1.82, 2.24) is 9.36 Å². The zero-order valence-corrected chi connectivity index (χ0v) is 12.4. The van der Waals surface area contributed by atoms with E-state index in [0.717, 1.165) is 11.5 Å². The maximum atomic E-state index is 11.7. The molecule has 2 N–H and O–H groups in total. The molecule has 0 saturated heterocycles. The number of aliphatic carboxylic acids is 1. The number of aromatic nitrogens is 2. The lowest BCUT2D eigenvalue weighted by Gasteiger charge is -2.12. The second kappa shape index (κ2) is 6.10. The lowest BCUT2D eigenvalue weighted by atomic mass is 9.96. The Morgan fingerprint density at radius 3 is 2.47 bits per heavy atom. The Hall–Kier alpha value is -1.50. The number of hydrogen-bond donors (Lipinski definition) is 2. The van der Waals surface area contributed by atoms with Gasteiger partial charge in [-0.15, -0.1) is 0 Å². The van der Waals surface area contributed by atoms with Crippen LogP contribution in [0.25, 0.3) is 0 Å². The Balaban J connectivity index is 2.53. The maximum Gasteiger partial charge on any atom is 0.303 e. The molecule has 0 saturated carbocycles. The molecule has 0 spiro atoms. The summed E-state index contributed by atoms with van der Waals surface area (Å²) in [5.74, 6) is -0.643. The largest absolute Gasteiger partial charge is 0.481 e. The van der Waals surface area contributed by atoms with Crippen LogP contribution in [0.15, 0.2) is 0 Å². The van der Waals surface area contributed by atoms with E-state index in [0.29, 0.717) is 11.0 Å². The third kappa shape index (κ3) is 5.34. The average Bonchev–Trinajstić information content (AvgIpc) is 2.63. The molecule has 0 radical (unpaired) electrons. The van der Waals surface area contributed by atoms with Crippen LogP contribution >= 0.6 is 11.5 Å². The van der Waals surface area contributed by atoms with Gasteiger partial charge in [0.15, 0.2) is 0 Å². The first-order chi connectivity index (χ1) is 8.68. The molecule has 1 amide bonds. The quantitative estimate of drug-likeness (QED) is 0.865. The number of carboxylic acid groups (broad SMARTS) is 1. The molecule has 1 atom stereocenters. The van der Waals surface area contributed by atoms with Gasteiger partial charge in [-0.05, 0) is 5.92 Å². The fraction of sp³-hybridized carbons (Fsp3) is 0.667. The van der Waals surface area contributed by atoms with Gasteiger partial charge in [-0.2, -0.15) is 4.37 Å². The summed E-state index contributed by atoms with van der Waals surface area (Å²) in [6.45, 7) is 7.72. The van der Waals surface area contributed by atoms with Crippen molar-refractivity contribution in [1.29, 1.82) is 0 Å². The molecule has 7 heteroatoms. The summed E-state index contributed by atoms with van der Waals surface area (Å²) in [5.41, 5.74) is -0.157. The number of carbonyl (C=O) groups excluding carboxylic acids is 1. The highest BCUT2D eigenvalue weighted by Crippen LogP contribution is 2.23. The standard InChI is InChI=1S/C12H19N3O3S/c1-7(6-9(17)18)5-8(16)13-11-14-10(15-19-11)12(2,3)4/h7H,5-6H2,1-4H3,(H,17,18)(H,13,14,15,16). The maximum absolute atomic E-state index is 11.7. The van der Waals surface area contributed by atoms with Gasteiger partial charge in [-0.1, -0.05) is 27.7 Å². The lowest BCUT2D eigenvalue weighted by Crippen LogP contribution is -2.17. The van der Waals surface area contributed by atoms with Crippen LogP contribution in [0.5, 0.6) is 0 Å². The molecular formula is C12H19N3O3S. The normalized spacial score (nSPS) is 13.1. The number of hydrogen-bond acceptors (Lipinski definition) is 5. The molecule has 0 aliphatic heterocycles. The van der Waals surface area contributed by atoms with E-state index >= 15 is 0 Å². The smallest absolute Gasteiger partial charge is 0.303 e. The highest BCUT2D eigenvalue weighted by atomic mass is 32.1. The lowest BCUT2D eigenvalue weighted by molar-refractivity contribution is -0.138. The summed E-state index contributed by atoms with van der Waals surface area (Å²) in [6.07, 6.45) is 0.146. The molecule has 19 heavy (non-hydrogen) atoms. The van der Waals surface area contributed by atoms with E-state index in [-0.39, 0.29) is 30.1 Å². The molecule has 0 bridgehead atoms. The monoisotopic (exact) mass is 285 g/mol. The van der Waals surface area contributed by atoms with E-state index < -0.39 is 5.97 Å². The van der Waals surface area contributed by atoms with Crippen molar-refractivity contribution in [3.8, 4) is 0 Å². The van der Waals surface area contributed by atoms with Crippen LogP contribution in [0, 0.1) is 5.92 Å². The van der Waals surface area contributed by atoms with Crippen LogP contribution in [-0.4, -0.2) is 26.3 Å². The number of carboxylic acids is 1. The molecule has 1 heterocycles. The molecule has 0 fully saturated rings. The van der Waals surface area contributed by atoms with E-state index in [4.69, 9.17) is 5.11 Å². The summed E-state index contributed by atoms with van der Waals surface area (Å²) in [7, 11) is 0. The van der Waals surface area contributed by atoms with Crippen LogP contribution in [0.2, 0.25) is 0 Å². The average molecular weight is 285 g/mol. The van der Waals surface area contributed by atoms with Gasteiger partial charge in [0.1, 0.15) is 5.82 Å². The second-order valence-corrected chi connectivity index (χ2v) is 6.38.